The molecule has 96 valence electrons. The first-order chi connectivity index (χ1) is 7.38. The average Bonchev–Trinajstić information content (AvgIpc) is 2.57. The Bertz CT molecular complexity index is 203. The Morgan fingerprint density at radius 1 is 1.44 bits per heavy atom. The second-order valence-electron chi connectivity index (χ2n) is 5.97. The van der Waals surface area contributed by atoms with Crippen molar-refractivity contribution in [2.24, 2.45) is 5.92 Å². The van der Waals surface area contributed by atoms with Crippen molar-refractivity contribution in [2.75, 3.05) is 18.9 Å². The number of hydrogen-bond donors (Lipinski definition) is 1. The maximum absolute atomic E-state index is 5.58. The van der Waals surface area contributed by atoms with Crippen molar-refractivity contribution in [2.45, 2.75) is 57.9 Å². The molecule has 0 aromatic carbocycles. The van der Waals surface area contributed by atoms with E-state index in [-0.39, 0.29) is 5.54 Å². The van der Waals surface area contributed by atoms with Gasteiger partial charge in [0.05, 0.1) is 6.10 Å². The smallest absolute Gasteiger partial charge is 0.0666 e. The molecule has 1 aliphatic heterocycles. The van der Waals surface area contributed by atoms with Gasteiger partial charge in [-0.25, -0.2) is 0 Å². The zero-order valence-corrected chi connectivity index (χ0v) is 12.2. The van der Waals surface area contributed by atoms with Crippen LogP contribution < -0.4 is 5.32 Å². The van der Waals surface area contributed by atoms with Crippen molar-refractivity contribution in [3.8, 4) is 0 Å². The van der Waals surface area contributed by atoms with E-state index < -0.39 is 0 Å². The van der Waals surface area contributed by atoms with Crippen molar-refractivity contribution in [1.29, 1.82) is 0 Å². The predicted octanol–water partition coefficient (Wildman–Crippen LogP) is 2.92. The minimum absolute atomic E-state index is 0.239. The van der Waals surface area contributed by atoms with Crippen LogP contribution in [0.3, 0.4) is 0 Å². The van der Waals surface area contributed by atoms with Crippen LogP contribution in [0.2, 0.25) is 0 Å². The first kappa shape index (κ1) is 14.3. The summed E-state index contributed by atoms with van der Waals surface area (Å²) in [6.45, 7) is 13.3. The molecule has 3 atom stereocenters. The summed E-state index contributed by atoms with van der Waals surface area (Å²) in [6.07, 6.45) is 1.68. The molecule has 1 heterocycles. The Morgan fingerprint density at radius 3 is 2.62 bits per heavy atom. The third-order valence-electron chi connectivity index (χ3n) is 2.88. The molecule has 0 spiro atoms. The molecule has 0 saturated carbocycles. The SMILES string of the molecule is CC(CNC(C)(C)C)CSC1CCOC1C. The second kappa shape index (κ2) is 6.27. The van der Waals surface area contributed by atoms with Gasteiger partial charge in [-0.3, -0.25) is 0 Å². The predicted molar refractivity (Wildman–Crippen MR) is 73.2 cm³/mol. The molecule has 1 saturated heterocycles. The third-order valence-corrected chi connectivity index (χ3v) is 4.69. The summed E-state index contributed by atoms with van der Waals surface area (Å²) in [7, 11) is 0. The lowest BCUT2D eigenvalue weighted by Gasteiger charge is -2.24. The fourth-order valence-electron chi connectivity index (χ4n) is 1.76. The summed E-state index contributed by atoms with van der Waals surface area (Å²) in [5.74, 6) is 1.97. The molecule has 3 heteroatoms. The highest BCUT2D eigenvalue weighted by atomic mass is 32.2. The third kappa shape index (κ3) is 5.55. The molecule has 16 heavy (non-hydrogen) atoms. The highest BCUT2D eigenvalue weighted by Crippen LogP contribution is 2.27. The van der Waals surface area contributed by atoms with E-state index in [9.17, 15) is 0 Å². The van der Waals surface area contributed by atoms with E-state index in [1.54, 1.807) is 0 Å². The molecule has 0 radical (unpaired) electrons. The minimum atomic E-state index is 0.239. The fraction of sp³-hybridized carbons (Fsp3) is 1.00. The van der Waals surface area contributed by atoms with Gasteiger partial charge in [0.15, 0.2) is 0 Å². The first-order valence-corrected chi connectivity index (χ1v) is 7.41. The van der Waals surface area contributed by atoms with Crippen LogP contribution in [-0.4, -0.2) is 35.8 Å². The van der Waals surface area contributed by atoms with Gasteiger partial charge < -0.3 is 10.1 Å². The van der Waals surface area contributed by atoms with E-state index in [0.29, 0.717) is 6.10 Å². The summed E-state index contributed by atoms with van der Waals surface area (Å²) < 4.78 is 5.58. The Kier molecular flexibility index (Phi) is 5.62. The van der Waals surface area contributed by atoms with Crippen molar-refractivity contribution in [1.82, 2.24) is 5.32 Å². The number of nitrogens with one attached hydrogen (secondary N) is 1. The zero-order chi connectivity index (χ0) is 12.2. The Balaban J connectivity index is 2.12. The van der Waals surface area contributed by atoms with E-state index >= 15 is 0 Å². The highest BCUT2D eigenvalue weighted by molar-refractivity contribution is 7.99. The Hall–Kier alpha value is 0.270. The van der Waals surface area contributed by atoms with Crippen LogP contribution in [0.4, 0.5) is 0 Å². The van der Waals surface area contributed by atoms with E-state index in [2.05, 4.69) is 51.7 Å². The van der Waals surface area contributed by atoms with Crippen LogP contribution in [0, 0.1) is 5.92 Å². The van der Waals surface area contributed by atoms with Gasteiger partial charge in [-0.1, -0.05) is 6.92 Å². The van der Waals surface area contributed by atoms with E-state index in [1.165, 1.54) is 12.2 Å². The van der Waals surface area contributed by atoms with Crippen LogP contribution in [-0.2, 0) is 4.74 Å². The van der Waals surface area contributed by atoms with Gasteiger partial charge in [-0.15, -0.1) is 0 Å². The second-order valence-corrected chi connectivity index (χ2v) is 7.24. The average molecular weight is 245 g/mol. The van der Waals surface area contributed by atoms with Crippen LogP contribution in [0.25, 0.3) is 0 Å². The lowest BCUT2D eigenvalue weighted by Crippen LogP contribution is -2.39. The van der Waals surface area contributed by atoms with E-state index in [0.717, 1.165) is 24.3 Å². The Morgan fingerprint density at radius 2 is 2.12 bits per heavy atom. The van der Waals surface area contributed by atoms with E-state index in [1.807, 2.05) is 0 Å². The molecule has 0 bridgehead atoms. The van der Waals surface area contributed by atoms with Crippen molar-refractivity contribution >= 4 is 11.8 Å². The first-order valence-electron chi connectivity index (χ1n) is 6.37. The molecule has 0 aliphatic carbocycles. The largest absolute Gasteiger partial charge is 0.377 e. The van der Waals surface area contributed by atoms with Gasteiger partial charge in [-0.2, -0.15) is 11.8 Å². The topological polar surface area (TPSA) is 21.3 Å². The molecule has 2 nitrogen and oxygen atoms in total. The molecule has 1 rings (SSSR count). The van der Waals surface area contributed by atoms with Gasteiger partial charge in [0, 0.05) is 17.4 Å². The summed E-state index contributed by atoms with van der Waals surface area (Å²) >= 11 is 2.09. The normalized spacial score (nSPS) is 28.3. The number of thioether (sulfide) groups is 1. The molecule has 1 fully saturated rings. The van der Waals surface area contributed by atoms with Crippen LogP contribution in [0.15, 0.2) is 0 Å². The standard InChI is InChI=1S/C13H27NOS/c1-10(8-14-13(3,4)5)9-16-12-6-7-15-11(12)2/h10-12,14H,6-9H2,1-5H3. The molecular formula is C13H27NOS. The quantitative estimate of drug-likeness (QED) is 0.805. The van der Waals surface area contributed by atoms with E-state index in [4.69, 9.17) is 4.74 Å². The maximum atomic E-state index is 5.58. The maximum Gasteiger partial charge on any atom is 0.0666 e. The summed E-state index contributed by atoms with van der Waals surface area (Å²) in [4.78, 5) is 0. The highest BCUT2D eigenvalue weighted by Gasteiger charge is 2.25. The lowest BCUT2D eigenvalue weighted by molar-refractivity contribution is 0.127. The zero-order valence-electron chi connectivity index (χ0n) is 11.4. The minimum Gasteiger partial charge on any atom is -0.377 e. The monoisotopic (exact) mass is 245 g/mol. The molecule has 0 amide bonds. The summed E-state index contributed by atoms with van der Waals surface area (Å²) in [5, 5.41) is 4.28. The van der Waals surface area contributed by atoms with Gasteiger partial charge in [0.1, 0.15) is 0 Å². The molecule has 0 aromatic heterocycles. The van der Waals surface area contributed by atoms with Crippen LogP contribution in [0.5, 0.6) is 0 Å². The number of ether oxygens (including phenoxy) is 1. The van der Waals surface area contributed by atoms with Gasteiger partial charge >= 0.3 is 0 Å². The van der Waals surface area contributed by atoms with Gasteiger partial charge in [0.2, 0.25) is 0 Å². The summed E-state index contributed by atoms with van der Waals surface area (Å²) in [6, 6.07) is 0. The molecular weight excluding hydrogens is 218 g/mol. The fourth-order valence-corrected chi connectivity index (χ4v) is 3.06. The van der Waals surface area contributed by atoms with Gasteiger partial charge in [0.25, 0.3) is 0 Å². The lowest BCUT2D eigenvalue weighted by atomic mass is 10.1. The number of rotatable bonds is 5. The van der Waals surface area contributed by atoms with Crippen molar-refractivity contribution in [3.63, 3.8) is 0 Å². The summed E-state index contributed by atoms with van der Waals surface area (Å²) in [5.41, 5.74) is 0.239. The molecule has 0 aromatic rings. The van der Waals surface area contributed by atoms with Crippen molar-refractivity contribution < 1.29 is 4.74 Å². The molecule has 3 unspecified atom stereocenters. The number of hydrogen-bond acceptors (Lipinski definition) is 3. The van der Waals surface area contributed by atoms with Gasteiger partial charge in [-0.05, 0) is 52.3 Å². The van der Waals surface area contributed by atoms with Crippen molar-refractivity contribution in [3.05, 3.63) is 0 Å². The Labute approximate surface area is 105 Å². The molecule has 1 N–H and O–H groups in total. The van der Waals surface area contributed by atoms with Crippen LogP contribution >= 0.6 is 11.8 Å². The van der Waals surface area contributed by atoms with Crippen LogP contribution in [0.1, 0.15) is 41.0 Å². The molecule has 1 aliphatic rings.